The summed E-state index contributed by atoms with van der Waals surface area (Å²) in [4.78, 5) is 23.7. The molecule has 0 saturated carbocycles. The summed E-state index contributed by atoms with van der Waals surface area (Å²) in [5.74, 6) is -0.718. The topological polar surface area (TPSA) is 93.1 Å². The number of hydrogen-bond donors (Lipinski definition) is 2. The molecule has 0 aromatic heterocycles. The van der Waals surface area contributed by atoms with Gasteiger partial charge in [0.25, 0.3) is 0 Å². The fraction of sp³-hybridized carbons (Fsp3) is 0.677. The molecule has 6 nitrogen and oxygen atoms in total. The van der Waals surface area contributed by atoms with E-state index in [-0.39, 0.29) is 25.6 Å². The molecule has 0 aliphatic rings. The van der Waals surface area contributed by atoms with Gasteiger partial charge in [0.05, 0.1) is 12.7 Å². The van der Waals surface area contributed by atoms with Gasteiger partial charge in [-0.25, -0.2) is 0 Å². The highest BCUT2D eigenvalue weighted by atomic mass is 16.6. The highest BCUT2D eigenvalue weighted by Gasteiger charge is 2.15. The fourth-order valence-electron chi connectivity index (χ4n) is 3.45. The Labute approximate surface area is 225 Å². The number of ether oxygens (including phenoxy) is 2. The van der Waals surface area contributed by atoms with Gasteiger partial charge in [0.15, 0.2) is 6.10 Å². The summed E-state index contributed by atoms with van der Waals surface area (Å²) in [6.45, 7) is 3.86. The number of allylic oxidation sites excluding steroid dienone is 6. The van der Waals surface area contributed by atoms with Crippen LogP contribution < -0.4 is 0 Å². The minimum Gasteiger partial charge on any atom is -0.462 e. The Morgan fingerprint density at radius 1 is 0.757 bits per heavy atom. The van der Waals surface area contributed by atoms with Crippen molar-refractivity contribution in [2.75, 3.05) is 13.2 Å². The number of unbranched alkanes of at least 4 members (excludes halogenated alkanes) is 8. The van der Waals surface area contributed by atoms with E-state index >= 15 is 0 Å². The van der Waals surface area contributed by atoms with E-state index in [1.165, 1.54) is 25.7 Å². The molecule has 37 heavy (non-hydrogen) atoms. The largest absolute Gasteiger partial charge is 0.462 e. The molecule has 6 heteroatoms. The molecule has 0 heterocycles. The van der Waals surface area contributed by atoms with Crippen molar-refractivity contribution in [1.29, 1.82) is 0 Å². The molecule has 0 aromatic carbocycles. The zero-order valence-electron chi connectivity index (χ0n) is 23.3. The van der Waals surface area contributed by atoms with Crippen LogP contribution in [0.15, 0.2) is 48.6 Å². The summed E-state index contributed by atoms with van der Waals surface area (Å²) in [5.41, 5.74) is 0. The summed E-state index contributed by atoms with van der Waals surface area (Å²) in [6, 6.07) is 0. The molecule has 0 amide bonds. The number of carbonyl (C=O) groups excluding carboxylic acids is 2. The summed E-state index contributed by atoms with van der Waals surface area (Å²) in [6.07, 6.45) is 28.0. The fourth-order valence-corrected chi connectivity index (χ4v) is 3.45. The van der Waals surface area contributed by atoms with E-state index in [1.54, 1.807) is 6.08 Å². The molecular weight excluding hydrogens is 468 g/mol. The van der Waals surface area contributed by atoms with Gasteiger partial charge < -0.3 is 19.7 Å². The Morgan fingerprint density at radius 3 is 2.19 bits per heavy atom. The third-order valence-corrected chi connectivity index (χ3v) is 5.71. The highest BCUT2D eigenvalue weighted by Crippen LogP contribution is 2.07. The van der Waals surface area contributed by atoms with Crippen molar-refractivity contribution < 1.29 is 29.3 Å². The molecule has 0 radical (unpaired) electrons. The van der Waals surface area contributed by atoms with Crippen LogP contribution in [0, 0.1) is 0 Å². The normalized spacial score (nSPS) is 13.7. The Hall–Kier alpha value is -2.18. The van der Waals surface area contributed by atoms with Crippen LogP contribution in [0.2, 0.25) is 0 Å². The van der Waals surface area contributed by atoms with Crippen LogP contribution in [0.25, 0.3) is 0 Å². The number of carbonyl (C=O) groups is 2. The number of rotatable bonds is 24. The summed E-state index contributed by atoms with van der Waals surface area (Å²) < 4.78 is 10.3. The molecular formula is C31H52O6. The van der Waals surface area contributed by atoms with Gasteiger partial charge in [-0.3, -0.25) is 9.59 Å². The third kappa shape index (κ3) is 25.3. The van der Waals surface area contributed by atoms with E-state index in [9.17, 15) is 19.8 Å². The maximum Gasteiger partial charge on any atom is 0.306 e. The molecule has 212 valence electrons. The van der Waals surface area contributed by atoms with Gasteiger partial charge >= 0.3 is 11.9 Å². The molecule has 2 atom stereocenters. The van der Waals surface area contributed by atoms with Crippen LogP contribution >= 0.6 is 0 Å². The quantitative estimate of drug-likeness (QED) is 0.0622. The smallest absolute Gasteiger partial charge is 0.306 e. The highest BCUT2D eigenvalue weighted by molar-refractivity contribution is 5.70. The Morgan fingerprint density at radius 2 is 1.43 bits per heavy atom. The van der Waals surface area contributed by atoms with Crippen molar-refractivity contribution in [2.24, 2.45) is 0 Å². The monoisotopic (exact) mass is 520 g/mol. The zero-order valence-corrected chi connectivity index (χ0v) is 23.3. The van der Waals surface area contributed by atoms with Gasteiger partial charge in [0.2, 0.25) is 0 Å². The average Bonchev–Trinajstić information content (AvgIpc) is 2.89. The van der Waals surface area contributed by atoms with Crippen LogP contribution in [0.5, 0.6) is 0 Å². The van der Waals surface area contributed by atoms with Gasteiger partial charge in [-0.05, 0) is 44.9 Å². The predicted molar refractivity (Wildman–Crippen MR) is 151 cm³/mol. The van der Waals surface area contributed by atoms with Crippen LogP contribution in [-0.2, 0) is 19.1 Å². The van der Waals surface area contributed by atoms with Gasteiger partial charge in [-0.15, -0.1) is 0 Å². The number of aliphatic hydroxyl groups excluding tert-OH is 2. The number of aliphatic hydroxyl groups is 2. The van der Waals surface area contributed by atoms with E-state index in [0.717, 1.165) is 44.9 Å². The minimum absolute atomic E-state index is 0.108. The summed E-state index contributed by atoms with van der Waals surface area (Å²) in [7, 11) is 0. The van der Waals surface area contributed by atoms with E-state index < -0.39 is 18.2 Å². The van der Waals surface area contributed by atoms with Crippen molar-refractivity contribution in [1.82, 2.24) is 0 Å². The van der Waals surface area contributed by atoms with Crippen LogP contribution in [0.3, 0.4) is 0 Å². The Kier molecular flexibility index (Phi) is 25.3. The number of esters is 2. The lowest BCUT2D eigenvalue weighted by atomic mass is 10.1. The van der Waals surface area contributed by atoms with Crippen LogP contribution in [0.1, 0.15) is 110 Å². The first-order chi connectivity index (χ1) is 18.0. The SMILES string of the molecule is CCCCC/C=C\C[C@H](O)/C=C/C=C\C/C=C\CCCC(=O)O[C@@H](CO)COC(=O)CCCCCCC. The van der Waals surface area contributed by atoms with Gasteiger partial charge in [0, 0.05) is 12.8 Å². The first kappa shape index (κ1) is 34.8. The maximum atomic E-state index is 12.0. The lowest BCUT2D eigenvalue weighted by Crippen LogP contribution is -2.28. The van der Waals surface area contributed by atoms with Crippen molar-refractivity contribution in [3.05, 3.63) is 48.6 Å². The molecule has 0 aliphatic heterocycles. The molecule has 0 aliphatic carbocycles. The van der Waals surface area contributed by atoms with Gasteiger partial charge in [-0.1, -0.05) is 101 Å². The number of hydrogen-bond acceptors (Lipinski definition) is 6. The van der Waals surface area contributed by atoms with Crippen LogP contribution in [-0.4, -0.2) is 47.6 Å². The molecule has 0 aromatic rings. The van der Waals surface area contributed by atoms with E-state index in [2.05, 4.69) is 19.9 Å². The first-order valence-corrected chi connectivity index (χ1v) is 14.3. The molecule has 0 bridgehead atoms. The van der Waals surface area contributed by atoms with Gasteiger partial charge in [-0.2, -0.15) is 0 Å². The zero-order chi connectivity index (χ0) is 27.4. The Balaban J connectivity index is 3.86. The summed E-state index contributed by atoms with van der Waals surface area (Å²) in [5, 5.41) is 19.3. The van der Waals surface area contributed by atoms with Gasteiger partial charge in [0.1, 0.15) is 6.61 Å². The maximum absolute atomic E-state index is 12.0. The second kappa shape index (κ2) is 26.9. The minimum atomic E-state index is -0.814. The third-order valence-electron chi connectivity index (χ3n) is 5.71. The van der Waals surface area contributed by atoms with E-state index in [1.807, 2.05) is 36.5 Å². The van der Waals surface area contributed by atoms with Crippen molar-refractivity contribution in [2.45, 2.75) is 122 Å². The predicted octanol–water partition coefficient (Wildman–Crippen LogP) is 6.91. The lowest BCUT2D eigenvalue weighted by molar-refractivity contribution is -0.161. The average molecular weight is 521 g/mol. The second-order valence-electron chi connectivity index (χ2n) is 9.32. The molecule has 0 unspecified atom stereocenters. The van der Waals surface area contributed by atoms with E-state index in [4.69, 9.17) is 9.47 Å². The molecule has 2 N–H and O–H groups in total. The molecule has 0 rings (SSSR count). The van der Waals surface area contributed by atoms with E-state index in [0.29, 0.717) is 19.3 Å². The lowest BCUT2D eigenvalue weighted by Gasteiger charge is -2.15. The molecule has 0 saturated heterocycles. The molecule has 0 spiro atoms. The van der Waals surface area contributed by atoms with Crippen LogP contribution in [0.4, 0.5) is 0 Å². The van der Waals surface area contributed by atoms with Crippen molar-refractivity contribution >= 4 is 11.9 Å². The Bertz CT molecular complexity index is 665. The first-order valence-electron chi connectivity index (χ1n) is 14.3. The standard InChI is InChI=1S/C31H52O6/c1-3-5-7-9-15-18-22-28(33)23-19-16-12-10-11-13-17-21-25-31(35)37-29(26-32)27-36-30(34)24-20-14-8-6-4-2/h11-13,15-16,18-19,23,28-29,32-33H,3-10,14,17,20-22,24-27H2,1-2H3/b13-11-,16-12-,18-15-,23-19+/t28-,29-/m0/s1. The second-order valence-corrected chi connectivity index (χ2v) is 9.32. The van der Waals surface area contributed by atoms with Crippen molar-refractivity contribution in [3.63, 3.8) is 0 Å². The summed E-state index contributed by atoms with van der Waals surface area (Å²) >= 11 is 0. The molecule has 0 fully saturated rings. The van der Waals surface area contributed by atoms with Crippen molar-refractivity contribution in [3.8, 4) is 0 Å².